The van der Waals surface area contributed by atoms with Crippen LogP contribution in [0.4, 0.5) is 11.8 Å². The first kappa shape index (κ1) is 16.5. The van der Waals surface area contributed by atoms with Crippen molar-refractivity contribution in [1.29, 1.82) is 0 Å². The van der Waals surface area contributed by atoms with Gasteiger partial charge in [-0.15, -0.1) is 0 Å². The van der Waals surface area contributed by atoms with Crippen LogP contribution < -0.4 is 16.4 Å². The molecule has 3 rings (SSSR count). The predicted octanol–water partition coefficient (Wildman–Crippen LogP) is 1.43. The van der Waals surface area contributed by atoms with E-state index in [4.69, 9.17) is 11.5 Å². The molecule has 0 unspecified atom stereocenters. The van der Waals surface area contributed by atoms with E-state index in [1.807, 2.05) is 0 Å². The standard InChI is InChI=1S/C17H30N6/c1-12(2)11-22-4-3-5-23(7-6-22)16-10-15(20-17(19)21-16)13-8-14(18)9-13/h10,12-14H,3-9,11,18H2,1-2H3,(H2,19,20,21). The van der Waals surface area contributed by atoms with Crippen molar-refractivity contribution < 1.29 is 0 Å². The summed E-state index contributed by atoms with van der Waals surface area (Å²) in [6.07, 6.45) is 3.19. The van der Waals surface area contributed by atoms with Crippen LogP contribution in [0.15, 0.2) is 6.07 Å². The van der Waals surface area contributed by atoms with E-state index in [0.29, 0.717) is 23.8 Å². The van der Waals surface area contributed by atoms with E-state index in [9.17, 15) is 0 Å². The maximum atomic E-state index is 5.96. The van der Waals surface area contributed by atoms with E-state index in [1.54, 1.807) is 0 Å². The number of hydrogen-bond acceptors (Lipinski definition) is 6. The second kappa shape index (κ2) is 7.01. The fourth-order valence-corrected chi connectivity index (χ4v) is 3.64. The number of rotatable bonds is 4. The smallest absolute Gasteiger partial charge is 0.222 e. The van der Waals surface area contributed by atoms with Gasteiger partial charge in [-0.3, -0.25) is 0 Å². The molecule has 1 aromatic rings. The molecule has 6 nitrogen and oxygen atoms in total. The summed E-state index contributed by atoms with van der Waals surface area (Å²) in [6, 6.07) is 2.45. The molecule has 1 aliphatic heterocycles. The van der Waals surface area contributed by atoms with E-state index >= 15 is 0 Å². The van der Waals surface area contributed by atoms with E-state index in [2.05, 4.69) is 39.7 Å². The van der Waals surface area contributed by atoms with Crippen LogP contribution in [0, 0.1) is 5.92 Å². The molecule has 1 aliphatic carbocycles. The first-order chi connectivity index (χ1) is 11.0. The summed E-state index contributed by atoms with van der Waals surface area (Å²) in [6.45, 7) is 10.0. The molecule has 2 heterocycles. The van der Waals surface area contributed by atoms with Gasteiger partial charge in [0.25, 0.3) is 0 Å². The Kier molecular flexibility index (Phi) is 5.02. The van der Waals surface area contributed by atoms with Crippen molar-refractivity contribution in [3.8, 4) is 0 Å². The van der Waals surface area contributed by atoms with Crippen molar-refractivity contribution in [2.45, 2.75) is 45.1 Å². The summed E-state index contributed by atoms with van der Waals surface area (Å²) < 4.78 is 0. The maximum Gasteiger partial charge on any atom is 0.222 e. The molecule has 2 aliphatic rings. The molecular formula is C17H30N6. The second-order valence-electron chi connectivity index (χ2n) is 7.47. The minimum Gasteiger partial charge on any atom is -0.368 e. The Hall–Kier alpha value is -1.40. The number of nitrogen functional groups attached to an aromatic ring is 1. The fraction of sp³-hybridized carbons (Fsp3) is 0.765. The molecule has 0 spiro atoms. The lowest BCUT2D eigenvalue weighted by atomic mass is 9.78. The Morgan fingerprint density at radius 1 is 1.17 bits per heavy atom. The topological polar surface area (TPSA) is 84.3 Å². The van der Waals surface area contributed by atoms with Crippen molar-refractivity contribution in [3.05, 3.63) is 11.8 Å². The van der Waals surface area contributed by atoms with Crippen LogP contribution in [-0.4, -0.2) is 53.6 Å². The Bertz CT molecular complexity index is 526. The molecule has 128 valence electrons. The average Bonchev–Trinajstić information content (AvgIpc) is 2.68. The Balaban J connectivity index is 1.68. The van der Waals surface area contributed by atoms with Crippen LogP contribution in [0.2, 0.25) is 0 Å². The van der Waals surface area contributed by atoms with Crippen LogP contribution in [0.25, 0.3) is 0 Å². The van der Waals surface area contributed by atoms with Crippen molar-refractivity contribution in [3.63, 3.8) is 0 Å². The molecule has 0 amide bonds. The zero-order chi connectivity index (χ0) is 16.4. The molecule has 23 heavy (non-hydrogen) atoms. The van der Waals surface area contributed by atoms with Gasteiger partial charge in [-0.1, -0.05) is 13.8 Å². The monoisotopic (exact) mass is 318 g/mol. The molecule has 6 heteroatoms. The van der Waals surface area contributed by atoms with Gasteiger partial charge >= 0.3 is 0 Å². The van der Waals surface area contributed by atoms with E-state index in [0.717, 1.165) is 44.0 Å². The lowest BCUT2D eigenvalue weighted by Gasteiger charge is -2.32. The summed E-state index contributed by atoms with van der Waals surface area (Å²) >= 11 is 0. The summed E-state index contributed by atoms with van der Waals surface area (Å²) in [5.41, 5.74) is 12.9. The normalized spacial score (nSPS) is 26.2. The van der Waals surface area contributed by atoms with Crippen LogP contribution in [0.3, 0.4) is 0 Å². The van der Waals surface area contributed by atoms with Gasteiger partial charge in [-0.05, 0) is 31.7 Å². The van der Waals surface area contributed by atoms with Crippen molar-refractivity contribution in [2.24, 2.45) is 11.7 Å². The third kappa shape index (κ3) is 4.12. The van der Waals surface area contributed by atoms with Gasteiger partial charge in [0.05, 0.1) is 5.69 Å². The van der Waals surface area contributed by atoms with Gasteiger partial charge in [0, 0.05) is 44.2 Å². The molecular weight excluding hydrogens is 288 g/mol. The highest BCUT2D eigenvalue weighted by molar-refractivity contribution is 5.45. The average molecular weight is 318 g/mol. The van der Waals surface area contributed by atoms with Gasteiger partial charge in [-0.2, -0.15) is 4.98 Å². The highest BCUT2D eigenvalue weighted by atomic mass is 15.3. The molecule has 0 aromatic carbocycles. The summed E-state index contributed by atoms with van der Waals surface area (Å²) in [4.78, 5) is 13.8. The molecule has 2 fully saturated rings. The van der Waals surface area contributed by atoms with Crippen LogP contribution in [-0.2, 0) is 0 Å². The highest BCUT2D eigenvalue weighted by Crippen LogP contribution is 2.35. The minimum atomic E-state index is 0.322. The Morgan fingerprint density at radius 3 is 2.65 bits per heavy atom. The molecule has 1 saturated carbocycles. The zero-order valence-corrected chi connectivity index (χ0v) is 14.4. The van der Waals surface area contributed by atoms with E-state index < -0.39 is 0 Å². The van der Waals surface area contributed by atoms with Crippen molar-refractivity contribution in [1.82, 2.24) is 14.9 Å². The second-order valence-corrected chi connectivity index (χ2v) is 7.47. The van der Waals surface area contributed by atoms with Crippen LogP contribution in [0.5, 0.6) is 0 Å². The largest absolute Gasteiger partial charge is 0.368 e. The molecule has 0 bridgehead atoms. The number of nitrogens with zero attached hydrogens (tertiary/aromatic N) is 4. The van der Waals surface area contributed by atoms with Gasteiger partial charge in [0.15, 0.2) is 0 Å². The van der Waals surface area contributed by atoms with Crippen molar-refractivity contribution >= 4 is 11.8 Å². The van der Waals surface area contributed by atoms with Crippen LogP contribution in [0.1, 0.15) is 44.7 Å². The quantitative estimate of drug-likeness (QED) is 0.874. The SMILES string of the molecule is CC(C)CN1CCCN(c2cc(C3CC(N)C3)nc(N)n2)CC1. The Labute approximate surface area is 139 Å². The molecule has 1 aromatic heterocycles. The Morgan fingerprint density at radius 2 is 1.96 bits per heavy atom. The van der Waals surface area contributed by atoms with Crippen LogP contribution >= 0.6 is 0 Å². The predicted molar refractivity (Wildman–Crippen MR) is 94.5 cm³/mol. The van der Waals surface area contributed by atoms with Gasteiger partial charge in [0.1, 0.15) is 5.82 Å². The third-order valence-electron chi connectivity index (χ3n) is 4.88. The minimum absolute atomic E-state index is 0.322. The van der Waals surface area contributed by atoms with Crippen molar-refractivity contribution in [2.75, 3.05) is 43.4 Å². The molecule has 0 atom stereocenters. The van der Waals surface area contributed by atoms with Gasteiger partial charge in [0.2, 0.25) is 5.95 Å². The third-order valence-corrected chi connectivity index (χ3v) is 4.88. The van der Waals surface area contributed by atoms with Gasteiger partial charge in [-0.25, -0.2) is 4.98 Å². The number of anilines is 2. The fourth-order valence-electron chi connectivity index (χ4n) is 3.64. The molecule has 0 radical (unpaired) electrons. The maximum absolute atomic E-state index is 5.96. The highest BCUT2D eigenvalue weighted by Gasteiger charge is 2.29. The molecule has 1 saturated heterocycles. The van der Waals surface area contributed by atoms with Gasteiger partial charge < -0.3 is 21.3 Å². The summed E-state index contributed by atoms with van der Waals surface area (Å²) in [7, 11) is 0. The summed E-state index contributed by atoms with van der Waals surface area (Å²) in [5.74, 6) is 2.55. The summed E-state index contributed by atoms with van der Waals surface area (Å²) in [5, 5.41) is 0. The lowest BCUT2D eigenvalue weighted by molar-refractivity contribution is 0.261. The number of nitrogens with two attached hydrogens (primary N) is 2. The first-order valence-corrected chi connectivity index (χ1v) is 8.88. The van der Waals surface area contributed by atoms with E-state index in [-0.39, 0.29) is 0 Å². The first-order valence-electron chi connectivity index (χ1n) is 8.88. The number of hydrogen-bond donors (Lipinski definition) is 2. The lowest BCUT2D eigenvalue weighted by Crippen LogP contribution is -2.36. The van der Waals surface area contributed by atoms with E-state index in [1.165, 1.54) is 19.5 Å². The molecule has 4 N–H and O–H groups in total. The number of aromatic nitrogens is 2. The zero-order valence-electron chi connectivity index (χ0n) is 14.4.